The van der Waals surface area contributed by atoms with E-state index in [1.807, 2.05) is 0 Å². The number of aromatic nitrogens is 4. The first-order valence-corrected chi connectivity index (χ1v) is 8.50. The summed E-state index contributed by atoms with van der Waals surface area (Å²) in [5, 5.41) is 10.5. The number of nitrogens with one attached hydrogen (secondary N) is 1. The Hall–Kier alpha value is -1.76. The maximum Gasteiger partial charge on any atom is 0.472 e. The molecule has 5 atom stereocenters. The summed E-state index contributed by atoms with van der Waals surface area (Å²) >= 11 is 0. The number of nitrogen functional groups attached to an aromatic ring is 1. The molecule has 2 aliphatic heterocycles. The van der Waals surface area contributed by atoms with Crippen LogP contribution < -0.4 is 17.0 Å². The molecule has 2 fully saturated rings. The monoisotopic (exact) mass is 357 g/mol. The number of nitrogens with zero attached hydrogens (tertiary/aromatic N) is 3. The molecule has 0 spiro atoms. The highest BCUT2D eigenvalue weighted by Gasteiger charge is 2.53. The lowest BCUT2D eigenvalue weighted by Crippen LogP contribution is -2.39. The van der Waals surface area contributed by atoms with Crippen molar-refractivity contribution >= 4 is 38.5 Å². The Morgan fingerprint density at radius 1 is 1.46 bits per heavy atom. The van der Waals surface area contributed by atoms with Gasteiger partial charge in [0.2, 0.25) is 5.95 Å². The molecule has 5 N–H and O–H groups in total. The van der Waals surface area contributed by atoms with Gasteiger partial charge in [-0.1, -0.05) is 0 Å². The molecule has 12 nitrogen and oxygen atoms in total. The molecule has 4 rings (SSSR count). The molecule has 14 heteroatoms. The summed E-state index contributed by atoms with van der Waals surface area (Å²) in [6, 6.07) is 0. The van der Waals surface area contributed by atoms with Crippen LogP contribution in [0.5, 0.6) is 0 Å². The smallest absolute Gasteiger partial charge is 0.386 e. The molecular formula is C10H13BN5O7P. The summed E-state index contributed by atoms with van der Waals surface area (Å²) in [5.74, 6) is -0.113. The van der Waals surface area contributed by atoms with E-state index in [9.17, 15) is 19.4 Å². The Morgan fingerprint density at radius 3 is 2.96 bits per heavy atom. The summed E-state index contributed by atoms with van der Waals surface area (Å²) in [5.41, 5.74) is 5.56. The van der Waals surface area contributed by atoms with E-state index in [2.05, 4.69) is 19.5 Å². The minimum Gasteiger partial charge on any atom is -0.386 e. The number of imidazole rings is 1. The van der Waals surface area contributed by atoms with Crippen molar-refractivity contribution in [2.45, 2.75) is 24.5 Å². The number of aliphatic hydroxyl groups excluding tert-OH is 1. The molecule has 128 valence electrons. The maximum absolute atomic E-state index is 11.9. The number of nitrogens with two attached hydrogens (primary N) is 1. The Kier molecular flexibility index (Phi) is 3.36. The molecular weight excluding hydrogens is 344 g/mol. The second-order valence-corrected chi connectivity index (χ2v) is 6.95. The van der Waals surface area contributed by atoms with E-state index < -0.39 is 37.9 Å². The number of hydrogen-bond donors (Lipinski definition) is 4. The van der Waals surface area contributed by atoms with Gasteiger partial charge in [-0.05, 0) is 0 Å². The standard InChI is InChI=1S/C10H13BN5O7P/c11-9-13-3-6(14-10(12)15-7(3)18)16(9)8-4(17)5-2(22-8)1-21-24(19,20)23-5/h2,4-5,8,17H,1,11H2,(H,19,20)(H3,12,14,15,18)/t2-,4?,5?,8-/m1/s1. The minimum absolute atomic E-state index is 0.0392. The largest absolute Gasteiger partial charge is 0.472 e. The van der Waals surface area contributed by atoms with Crippen molar-refractivity contribution < 1.29 is 28.3 Å². The maximum atomic E-state index is 11.9. The SMILES string of the molecule is Bc1nc2c(=O)[nH]c(N)nc2n1[C@@H]1O[C@@H]2COP(=O)(O)OC2C1O. The van der Waals surface area contributed by atoms with Crippen LogP contribution in [-0.2, 0) is 18.3 Å². The van der Waals surface area contributed by atoms with Gasteiger partial charge in [-0.15, -0.1) is 0 Å². The first-order chi connectivity index (χ1) is 11.3. The third-order valence-electron chi connectivity index (χ3n) is 3.97. The Labute approximate surface area is 134 Å². The molecule has 3 unspecified atom stereocenters. The van der Waals surface area contributed by atoms with Gasteiger partial charge in [0.25, 0.3) is 5.56 Å². The van der Waals surface area contributed by atoms with Crippen LogP contribution in [0.2, 0.25) is 0 Å². The normalized spacial score (nSPS) is 36.1. The number of aliphatic hydroxyl groups is 1. The number of phosphoric acid groups is 1. The number of fused-ring (bicyclic) bond motifs is 2. The number of H-pyrrole nitrogens is 1. The van der Waals surface area contributed by atoms with Gasteiger partial charge in [-0.2, -0.15) is 4.98 Å². The second-order valence-electron chi connectivity index (χ2n) is 5.54. The summed E-state index contributed by atoms with van der Waals surface area (Å²) in [6.45, 7) is -0.214. The number of aromatic amines is 1. The highest BCUT2D eigenvalue weighted by molar-refractivity contribution is 7.47. The van der Waals surface area contributed by atoms with Crippen molar-refractivity contribution in [3.63, 3.8) is 0 Å². The molecule has 2 aromatic heterocycles. The van der Waals surface area contributed by atoms with Crippen LogP contribution in [0.15, 0.2) is 4.79 Å². The average Bonchev–Trinajstić information content (AvgIpc) is 2.96. The molecule has 0 amide bonds. The van der Waals surface area contributed by atoms with Gasteiger partial charge in [0.1, 0.15) is 18.3 Å². The molecule has 0 aliphatic carbocycles. The topological polar surface area (TPSA) is 175 Å². The molecule has 0 bridgehead atoms. The summed E-state index contributed by atoms with van der Waals surface area (Å²) in [4.78, 5) is 31.8. The van der Waals surface area contributed by atoms with Crippen molar-refractivity contribution in [1.29, 1.82) is 0 Å². The lowest BCUT2D eigenvalue weighted by Gasteiger charge is -2.27. The van der Waals surface area contributed by atoms with Crippen LogP contribution >= 0.6 is 7.82 Å². The summed E-state index contributed by atoms with van der Waals surface area (Å²) in [7, 11) is -2.63. The first-order valence-electron chi connectivity index (χ1n) is 7.00. The second kappa shape index (κ2) is 5.12. The molecule has 2 aliphatic rings. The summed E-state index contributed by atoms with van der Waals surface area (Å²) < 4.78 is 28.2. The molecule has 0 aromatic carbocycles. The zero-order valence-electron chi connectivity index (χ0n) is 12.3. The van der Waals surface area contributed by atoms with Crippen LogP contribution in [-0.4, -0.2) is 62.3 Å². The minimum atomic E-state index is -4.23. The van der Waals surface area contributed by atoms with Crippen molar-refractivity contribution in [2.24, 2.45) is 0 Å². The van der Waals surface area contributed by atoms with Crippen LogP contribution in [0.4, 0.5) is 5.95 Å². The molecule has 24 heavy (non-hydrogen) atoms. The molecule has 2 saturated heterocycles. The molecule has 4 heterocycles. The fourth-order valence-corrected chi connectivity index (χ4v) is 3.93. The van der Waals surface area contributed by atoms with Crippen molar-refractivity contribution in [1.82, 2.24) is 19.5 Å². The van der Waals surface area contributed by atoms with Gasteiger partial charge in [0.05, 0.1) is 12.3 Å². The van der Waals surface area contributed by atoms with Crippen LogP contribution in [0, 0.1) is 0 Å². The van der Waals surface area contributed by atoms with Gasteiger partial charge < -0.3 is 20.5 Å². The number of anilines is 1. The van der Waals surface area contributed by atoms with Crippen LogP contribution in [0.1, 0.15) is 6.23 Å². The average molecular weight is 357 g/mol. The summed E-state index contributed by atoms with van der Waals surface area (Å²) in [6.07, 6.45) is -4.13. The van der Waals surface area contributed by atoms with Gasteiger partial charge >= 0.3 is 7.82 Å². The predicted molar refractivity (Wildman–Crippen MR) is 81.3 cm³/mol. The highest BCUT2D eigenvalue weighted by Crippen LogP contribution is 2.52. The molecule has 2 aromatic rings. The van der Waals surface area contributed by atoms with E-state index in [4.69, 9.17) is 15.0 Å². The van der Waals surface area contributed by atoms with E-state index in [1.165, 1.54) is 4.57 Å². The predicted octanol–water partition coefficient (Wildman–Crippen LogP) is -3.27. The lowest BCUT2D eigenvalue weighted by molar-refractivity contribution is -0.0657. The van der Waals surface area contributed by atoms with E-state index >= 15 is 0 Å². The van der Waals surface area contributed by atoms with Crippen LogP contribution in [0.3, 0.4) is 0 Å². The molecule has 0 saturated carbocycles. The van der Waals surface area contributed by atoms with E-state index in [1.54, 1.807) is 7.85 Å². The molecule has 0 radical (unpaired) electrons. The van der Waals surface area contributed by atoms with E-state index in [0.29, 0.717) is 5.72 Å². The number of hydrogen-bond acceptors (Lipinski definition) is 9. The van der Waals surface area contributed by atoms with Gasteiger partial charge in [-0.25, -0.2) is 9.55 Å². The Balaban J connectivity index is 1.80. The van der Waals surface area contributed by atoms with Crippen LogP contribution in [0.25, 0.3) is 11.2 Å². The third-order valence-corrected chi connectivity index (χ3v) is 4.95. The Morgan fingerprint density at radius 2 is 2.21 bits per heavy atom. The van der Waals surface area contributed by atoms with E-state index in [-0.39, 0.29) is 23.7 Å². The van der Waals surface area contributed by atoms with Gasteiger partial charge in [0.15, 0.2) is 25.2 Å². The Bertz CT molecular complexity index is 930. The number of rotatable bonds is 1. The highest BCUT2D eigenvalue weighted by atomic mass is 31.2. The quantitative estimate of drug-likeness (QED) is 0.299. The fourth-order valence-electron chi connectivity index (χ4n) is 2.96. The van der Waals surface area contributed by atoms with Gasteiger partial charge in [-0.3, -0.25) is 23.4 Å². The number of phosphoric ester groups is 1. The van der Waals surface area contributed by atoms with Gasteiger partial charge in [0, 0.05) is 0 Å². The first kappa shape index (κ1) is 15.8. The number of ether oxygens (including phenoxy) is 1. The van der Waals surface area contributed by atoms with E-state index in [0.717, 1.165) is 0 Å². The van der Waals surface area contributed by atoms with Crippen molar-refractivity contribution in [2.75, 3.05) is 12.3 Å². The zero-order chi connectivity index (χ0) is 17.2. The third kappa shape index (κ3) is 2.29. The zero-order valence-corrected chi connectivity index (χ0v) is 13.2. The lowest BCUT2D eigenvalue weighted by atomic mass is 10.1. The van der Waals surface area contributed by atoms with Crippen molar-refractivity contribution in [3.8, 4) is 0 Å². The fraction of sp³-hybridized carbons (Fsp3) is 0.500. The van der Waals surface area contributed by atoms with Crippen molar-refractivity contribution in [3.05, 3.63) is 10.4 Å².